The van der Waals surface area contributed by atoms with Gasteiger partial charge in [0.1, 0.15) is 6.07 Å². The van der Waals surface area contributed by atoms with Gasteiger partial charge in [-0.25, -0.2) is 4.98 Å². The van der Waals surface area contributed by atoms with E-state index in [1.54, 1.807) is 0 Å². The van der Waals surface area contributed by atoms with E-state index in [4.69, 9.17) is 20.8 Å². The Hall–Kier alpha value is -2.07. The van der Waals surface area contributed by atoms with Gasteiger partial charge < -0.3 is 14.5 Å². The molecule has 1 aliphatic rings. The maximum Gasteiger partial charge on any atom is 0.232 e. The molecule has 1 aliphatic heterocycles. The molecule has 144 valence electrons. The fourth-order valence-electron chi connectivity index (χ4n) is 3.26. The van der Waals surface area contributed by atoms with Crippen molar-refractivity contribution in [3.63, 3.8) is 0 Å². The number of ether oxygens (including phenoxy) is 1. The highest BCUT2D eigenvalue weighted by molar-refractivity contribution is 6.31. The van der Waals surface area contributed by atoms with Crippen LogP contribution in [0.3, 0.4) is 0 Å². The van der Waals surface area contributed by atoms with Gasteiger partial charge in [0.25, 0.3) is 0 Å². The Bertz CT molecular complexity index is 794. The zero-order valence-corrected chi connectivity index (χ0v) is 16.5. The summed E-state index contributed by atoms with van der Waals surface area (Å²) in [4.78, 5) is 6.64. The minimum atomic E-state index is 0.0489. The minimum Gasteiger partial charge on any atom is -0.424 e. The highest BCUT2D eigenvalue weighted by atomic mass is 35.5. The second-order valence-electron chi connectivity index (χ2n) is 7.06. The SMILES string of the molecule is CC(C)Cc1nc(C#N)c(NC[C@@H](c2ccccc2Cl)N2CCOCC2)o1. The highest BCUT2D eigenvalue weighted by Crippen LogP contribution is 2.29. The quantitative estimate of drug-likeness (QED) is 0.775. The lowest BCUT2D eigenvalue weighted by Crippen LogP contribution is -2.41. The molecule has 0 radical (unpaired) electrons. The van der Waals surface area contributed by atoms with Gasteiger partial charge in [-0.05, 0) is 17.5 Å². The van der Waals surface area contributed by atoms with Crippen LogP contribution in [0.2, 0.25) is 5.02 Å². The van der Waals surface area contributed by atoms with E-state index in [1.165, 1.54) is 0 Å². The van der Waals surface area contributed by atoms with Crippen LogP contribution in [0.4, 0.5) is 5.88 Å². The molecular weight excluding hydrogens is 364 g/mol. The normalized spacial score (nSPS) is 16.3. The molecule has 0 unspecified atom stereocenters. The molecule has 1 aromatic carbocycles. The van der Waals surface area contributed by atoms with Crippen LogP contribution in [0.15, 0.2) is 28.7 Å². The number of nitriles is 1. The van der Waals surface area contributed by atoms with Crippen molar-refractivity contribution >= 4 is 17.5 Å². The maximum atomic E-state index is 9.38. The number of benzene rings is 1. The Morgan fingerprint density at radius 2 is 2.04 bits per heavy atom. The van der Waals surface area contributed by atoms with Gasteiger partial charge >= 0.3 is 0 Å². The Morgan fingerprint density at radius 1 is 1.30 bits per heavy atom. The topological polar surface area (TPSA) is 74.3 Å². The van der Waals surface area contributed by atoms with Crippen LogP contribution in [-0.4, -0.2) is 42.7 Å². The average Bonchev–Trinajstić information content (AvgIpc) is 3.05. The third-order valence-corrected chi connectivity index (χ3v) is 4.91. The summed E-state index contributed by atoms with van der Waals surface area (Å²) < 4.78 is 11.3. The first kappa shape index (κ1) is 19.7. The molecule has 0 amide bonds. The van der Waals surface area contributed by atoms with E-state index in [-0.39, 0.29) is 6.04 Å². The minimum absolute atomic E-state index is 0.0489. The van der Waals surface area contributed by atoms with Gasteiger partial charge in [0, 0.05) is 31.1 Å². The molecule has 0 bridgehead atoms. The number of oxazole rings is 1. The number of hydrogen-bond donors (Lipinski definition) is 1. The molecule has 1 atom stereocenters. The summed E-state index contributed by atoms with van der Waals surface area (Å²) in [6.07, 6.45) is 0.702. The predicted molar refractivity (Wildman–Crippen MR) is 105 cm³/mol. The first-order valence-corrected chi connectivity index (χ1v) is 9.66. The zero-order valence-electron chi connectivity index (χ0n) is 15.7. The van der Waals surface area contributed by atoms with Gasteiger partial charge in [-0.15, -0.1) is 0 Å². The third-order valence-electron chi connectivity index (χ3n) is 4.57. The Morgan fingerprint density at radius 3 is 2.70 bits per heavy atom. The molecule has 1 N–H and O–H groups in total. The van der Waals surface area contributed by atoms with Crippen LogP contribution >= 0.6 is 11.6 Å². The van der Waals surface area contributed by atoms with Crippen molar-refractivity contribution in [1.82, 2.24) is 9.88 Å². The van der Waals surface area contributed by atoms with Gasteiger partial charge in [-0.1, -0.05) is 43.6 Å². The van der Waals surface area contributed by atoms with Crippen molar-refractivity contribution in [3.8, 4) is 6.07 Å². The standard InChI is InChI=1S/C20H25ClN4O2/c1-14(2)11-19-24-17(12-22)20(27-19)23-13-18(25-7-9-26-10-8-25)15-5-3-4-6-16(15)21/h3-6,14,18,23H,7-11,13H2,1-2H3/t18-/m0/s1. The van der Waals surface area contributed by atoms with Gasteiger partial charge in [0.05, 0.1) is 19.3 Å². The molecule has 1 fully saturated rings. The van der Waals surface area contributed by atoms with Crippen molar-refractivity contribution in [2.45, 2.75) is 26.3 Å². The van der Waals surface area contributed by atoms with Crippen molar-refractivity contribution < 1.29 is 9.15 Å². The summed E-state index contributed by atoms with van der Waals surface area (Å²) in [6.45, 7) is 7.81. The predicted octanol–water partition coefficient (Wildman–Crippen LogP) is 3.88. The van der Waals surface area contributed by atoms with E-state index < -0.39 is 0 Å². The van der Waals surface area contributed by atoms with Gasteiger partial charge in [0.15, 0.2) is 5.89 Å². The number of halogens is 1. The number of anilines is 1. The highest BCUT2D eigenvalue weighted by Gasteiger charge is 2.25. The first-order valence-electron chi connectivity index (χ1n) is 9.28. The molecule has 2 heterocycles. The number of nitrogens with zero attached hydrogens (tertiary/aromatic N) is 3. The molecule has 1 aromatic heterocycles. The Labute approximate surface area is 165 Å². The van der Waals surface area contributed by atoms with Crippen molar-refractivity contribution in [2.75, 3.05) is 38.2 Å². The van der Waals surface area contributed by atoms with Crippen LogP contribution in [-0.2, 0) is 11.2 Å². The fraction of sp³-hybridized carbons (Fsp3) is 0.500. The first-order chi connectivity index (χ1) is 13.1. The van der Waals surface area contributed by atoms with Gasteiger partial charge in [0.2, 0.25) is 11.6 Å². The van der Waals surface area contributed by atoms with E-state index in [0.29, 0.717) is 49.6 Å². The number of rotatable bonds is 7. The number of hydrogen-bond acceptors (Lipinski definition) is 6. The molecule has 6 nitrogen and oxygen atoms in total. The van der Waals surface area contributed by atoms with Crippen molar-refractivity contribution in [3.05, 3.63) is 46.4 Å². The summed E-state index contributed by atoms with van der Waals surface area (Å²) in [6, 6.07) is 10.0. The maximum absolute atomic E-state index is 9.38. The fourth-order valence-corrected chi connectivity index (χ4v) is 3.52. The number of aromatic nitrogens is 1. The van der Waals surface area contributed by atoms with E-state index in [1.807, 2.05) is 24.3 Å². The second kappa shape index (κ2) is 9.23. The summed E-state index contributed by atoms with van der Waals surface area (Å²) in [5.41, 5.74) is 1.35. The zero-order chi connectivity index (χ0) is 19.2. The van der Waals surface area contributed by atoms with E-state index in [9.17, 15) is 5.26 Å². The van der Waals surface area contributed by atoms with Crippen LogP contribution in [0.1, 0.15) is 37.0 Å². The van der Waals surface area contributed by atoms with Crippen molar-refractivity contribution in [1.29, 1.82) is 5.26 Å². The molecule has 7 heteroatoms. The van der Waals surface area contributed by atoms with E-state index in [2.05, 4.69) is 35.1 Å². The molecule has 0 saturated carbocycles. The van der Waals surface area contributed by atoms with Gasteiger partial charge in [-0.3, -0.25) is 4.90 Å². The summed E-state index contributed by atoms with van der Waals surface area (Å²) in [5, 5.41) is 13.4. The van der Waals surface area contributed by atoms with Crippen molar-refractivity contribution in [2.24, 2.45) is 5.92 Å². The lowest BCUT2D eigenvalue weighted by molar-refractivity contribution is 0.0186. The smallest absolute Gasteiger partial charge is 0.232 e. The van der Waals surface area contributed by atoms with Crippen LogP contribution < -0.4 is 5.32 Å². The van der Waals surface area contributed by atoms with Crippen LogP contribution in [0.25, 0.3) is 0 Å². The monoisotopic (exact) mass is 388 g/mol. The van der Waals surface area contributed by atoms with Crippen LogP contribution in [0.5, 0.6) is 0 Å². The summed E-state index contributed by atoms with van der Waals surface area (Å²) >= 11 is 6.47. The molecule has 2 aromatic rings. The molecule has 0 spiro atoms. The molecule has 0 aliphatic carbocycles. The van der Waals surface area contributed by atoms with E-state index >= 15 is 0 Å². The number of morpholine rings is 1. The lowest BCUT2D eigenvalue weighted by Gasteiger charge is -2.35. The van der Waals surface area contributed by atoms with Gasteiger partial charge in [-0.2, -0.15) is 5.26 Å². The molecular formula is C20H25ClN4O2. The molecule has 3 rings (SSSR count). The second-order valence-corrected chi connectivity index (χ2v) is 7.47. The van der Waals surface area contributed by atoms with Crippen LogP contribution in [0, 0.1) is 17.2 Å². The summed E-state index contributed by atoms with van der Waals surface area (Å²) in [7, 11) is 0. The largest absolute Gasteiger partial charge is 0.424 e. The third kappa shape index (κ3) is 5.01. The lowest BCUT2D eigenvalue weighted by atomic mass is 10.0. The Balaban J connectivity index is 1.80. The van der Waals surface area contributed by atoms with E-state index in [0.717, 1.165) is 23.7 Å². The number of nitrogens with one attached hydrogen (secondary N) is 1. The Kier molecular flexibility index (Phi) is 6.73. The molecule has 1 saturated heterocycles. The molecule has 27 heavy (non-hydrogen) atoms. The summed E-state index contributed by atoms with van der Waals surface area (Å²) in [5.74, 6) is 1.43. The average molecular weight is 389 g/mol.